The van der Waals surface area contributed by atoms with Crippen molar-refractivity contribution in [3.8, 4) is 17.6 Å². The van der Waals surface area contributed by atoms with Crippen molar-refractivity contribution >= 4 is 8.32 Å². The Morgan fingerprint density at radius 3 is 2.56 bits per heavy atom. The molecule has 5 heteroatoms. The third kappa shape index (κ3) is 11.3. The van der Waals surface area contributed by atoms with Gasteiger partial charge in [0.2, 0.25) is 0 Å². The van der Waals surface area contributed by atoms with Crippen LogP contribution in [0.5, 0.6) is 5.75 Å². The molecule has 1 aromatic rings. The van der Waals surface area contributed by atoms with Crippen LogP contribution < -0.4 is 4.74 Å². The summed E-state index contributed by atoms with van der Waals surface area (Å²) in [6, 6.07) is 6.17. The minimum absolute atomic E-state index is 0.0623. The fourth-order valence-corrected chi connectivity index (χ4v) is 5.58. The fraction of sp³-hybridized carbons (Fsp3) is 0.647. The molecule has 218 valence electrons. The second kappa shape index (κ2) is 17.1. The van der Waals surface area contributed by atoms with Gasteiger partial charge >= 0.3 is 0 Å². The summed E-state index contributed by atoms with van der Waals surface area (Å²) in [4.78, 5) is 0. The number of ether oxygens (including phenoxy) is 3. The molecule has 4 nitrogen and oxygen atoms in total. The van der Waals surface area contributed by atoms with E-state index >= 15 is 0 Å². The average molecular weight is 555 g/mol. The van der Waals surface area contributed by atoms with Crippen LogP contribution in [-0.4, -0.2) is 33.9 Å². The van der Waals surface area contributed by atoms with E-state index in [1.54, 1.807) is 6.08 Å². The molecule has 1 aliphatic heterocycles. The predicted molar refractivity (Wildman–Crippen MR) is 167 cm³/mol. The molecule has 1 aliphatic rings. The second-order valence-electron chi connectivity index (χ2n) is 12.1. The summed E-state index contributed by atoms with van der Waals surface area (Å²) in [5.41, 5.74) is 2.16. The summed E-state index contributed by atoms with van der Waals surface area (Å²) in [5, 5.41) is 0.0701. The summed E-state index contributed by atoms with van der Waals surface area (Å²) >= 11 is 0. The molecule has 1 aromatic carbocycles. The highest BCUT2D eigenvalue weighted by Crippen LogP contribution is 2.41. The molecule has 39 heavy (non-hydrogen) atoms. The third-order valence-corrected chi connectivity index (χ3v) is 12.2. The lowest BCUT2D eigenvalue weighted by atomic mass is 9.98. The zero-order chi connectivity index (χ0) is 28.7. The van der Waals surface area contributed by atoms with E-state index in [9.17, 15) is 0 Å². The molecule has 0 spiro atoms. The van der Waals surface area contributed by atoms with E-state index in [4.69, 9.17) is 18.6 Å². The summed E-state index contributed by atoms with van der Waals surface area (Å²) in [5.74, 6) is 7.87. The molecule has 0 amide bonds. The van der Waals surface area contributed by atoms with E-state index in [1.807, 2.05) is 18.2 Å². The monoisotopic (exact) mass is 554 g/mol. The Labute approximate surface area is 240 Å². The van der Waals surface area contributed by atoms with Crippen molar-refractivity contribution in [1.82, 2.24) is 0 Å². The number of rotatable bonds is 16. The molecule has 2 rings (SSSR count). The summed E-state index contributed by atoms with van der Waals surface area (Å²) in [7, 11) is -2.10. The van der Waals surface area contributed by atoms with Gasteiger partial charge in [-0.15, -0.1) is 12.5 Å². The largest absolute Gasteiger partial charge is 0.489 e. The Morgan fingerprint density at radius 1 is 1.13 bits per heavy atom. The molecular formula is C34H54O4Si. The van der Waals surface area contributed by atoms with Gasteiger partial charge in [0.15, 0.2) is 14.6 Å². The van der Waals surface area contributed by atoms with Crippen LogP contribution in [0.15, 0.2) is 43.5 Å². The first kappa shape index (κ1) is 33.4. The van der Waals surface area contributed by atoms with Crippen LogP contribution in [0.25, 0.3) is 0 Å². The minimum atomic E-state index is -2.10. The van der Waals surface area contributed by atoms with Crippen LogP contribution in [-0.2, 0) is 20.3 Å². The highest BCUT2D eigenvalue weighted by Gasteiger charge is 2.39. The van der Waals surface area contributed by atoms with E-state index in [0.29, 0.717) is 13.0 Å². The Hall–Kier alpha value is -1.84. The molecule has 0 aliphatic carbocycles. The van der Waals surface area contributed by atoms with Crippen molar-refractivity contribution in [2.45, 2.75) is 129 Å². The molecule has 0 bridgehead atoms. The molecule has 0 radical (unpaired) electrons. The Bertz CT molecular complexity index is 931. The number of benzene rings is 1. The summed E-state index contributed by atoms with van der Waals surface area (Å²) in [6.07, 6.45) is 13.8. The second-order valence-corrected chi connectivity index (χ2v) is 16.8. The van der Waals surface area contributed by atoms with Gasteiger partial charge in [-0.3, -0.25) is 0 Å². The van der Waals surface area contributed by atoms with Crippen molar-refractivity contribution < 1.29 is 18.6 Å². The van der Waals surface area contributed by atoms with Crippen molar-refractivity contribution in [2.24, 2.45) is 0 Å². The summed E-state index contributed by atoms with van der Waals surface area (Å²) < 4.78 is 25.3. The molecule has 1 saturated heterocycles. The molecule has 0 saturated carbocycles. The molecule has 3 atom stereocenters. The quantitative estimate of drug-likeness (QED) is 0.0883. The van der Waals surface area contributed by atoms with Gasteiger partial charge < -0.3 is 18.6 Å². The maximum absolute atomic E-state index is 6.95. The predicted octanol–water partition coefficient (Wildman–Crippen LogP) is 9.32. The Morgan fingerprint density at radius 2 is 1.92 bits per heavy atom. The van der Waals surface area contributed by atoms with E-state index < -0.39 is 8.32 Å². The fourth-order valence-electron chi connectivity index (χ4n) is 4.45. The lowest BCUT2D eigenvalue weighted by Gasteiger charge is -2.38. The topological polar surface area (TPSA) is 36.9 Å². The first-order chi connectivity index (χ1) is 18.6. The van der Waals surface area contributed by atoms with Gasteiger partial charge in [-0.25, -0.2) is 0 Å². The van der Waals surface area contributed by atoms with E-state index in [0.717, 1.165) is 55.6 Å². The number of hydrogen-bond acceptors (Lipinski definition) is 4. The lowest BCUT2D eigenvalue weighted by molar-refractivity contribution is -0.190. The van der Waals surface area contributed by atoms with Gasteiger partial charge in [0.05, 0.1) is 6.10 Å². The zero-order valence-electron chi connectivity index (χ0n) is 25.7. The Kier molecular flexibility index (Phi) is 14.6. The standard InChI is InChI=1S/C34H54O4Si/c1-9-12-13-20-28(37-33-25-16-17-27-36-33)21-14-15-23-32(38-39(7,8)34(4,5)6)30-22-18-24-31(35-26-11-3)29(30)19-10-2/h10-11,18,22,24,28,32-33H,2-3,9,12-14,16-17,19-21,25-27H2,1,4-8H3/t28-,32-,33?/m0/s1. The zero-order valence-corrected chi connectivity index (χ0v) is 26.7. The highest BCUT2D eigenvalue weighted by atomic mass is 28.4. The third-order valence-electron chi connectivity index (χ3n) is 7.81. The van der Waals surface area contributed by atoms with Gasteiger partial charge in [-0.05, 0) is 68.3 Å². The highest BCUT2D eigenvalue weighted by molar-refractivity contribution is 6.74. The van der Waals surface area contributed by atoms with Crippen LogP contribution in [0, 0.1) is 11.8 Å². The van der Waals surface area contributed by atoms with Gasteiger partial charge in [0.25, 0.3) is 0 Å². The van der Waals surface area contributed by atoms with Crippen LogP contribution in [0.2, 0.25) is 18.1 Å². The molecule has 0 aromatic heterocycles. The number of hydrogen-bond donors (Lipinski definition) is 0. The Balaban J connectivity index is 2.29. The molecular weight excluding hydrogens is 500 g/mol. The van der Waals surface area contributed by atoms with Crippen molar-refractivity contribution in [1.29, 1.82) is 0 Å². The van der Waals surface area contributed by atoms with Gasteiger partial charge in [-0.2, -0.15) is 0 Å². The van der Waals surface area contributed by atoms with Crippen molar-refractivity contribution in [3.63, 3.8) is 0 Å². The van der Waals surface area contributed by atoms with Crippen molar-refractivity contribution in [2.75, 3.05) is 13.2 Å². The lowest BCUT2D eigenvalue weighted by Crippen LogP contribution is -2.41. The number of allylic oxidation sites excluding steroid dienone is 1. The van der Waals surface area contributed by atoms with Gasteiger partial charge in [0.1, 0.15) is 18.5 Å². The van der Waals surface area contributed by atoms with Crippen LogP contribution in [0.1, 0.15) is 103 Å². The smallest absolute Gasteiger partial charge is 0.194 e. The maximum Gasteiger partial charge on any atom is 0.194 e. The van der Waals surface area contributed by atoms with E-state index in [-0.39, 0.29) is 23.5 Å². The normalized spacial score (nSPS) is 17.5. The minimum Gasteiger partial charge on any atom is -0.489 e. The number of unbranched alkanes of at least 4 members (excludes halogenated alkanes) is 2. The molecule has 1 heterocycles. The first-order valence-corrected chi connectivity index (χ1v) is 17.9. The average Bonchev–Trinajstić information content (AvgIpc) is 2.89. The van der Waals surface area contributed by atoms with E-state index in [1.165, 1.54) is 25.7 Å². The van der Waals surface area contributed by atoms with E-state index in [2.05, 4.69) is 71.9 Å². The molecule has 0 N–H and O–H groups in total. The molecule has 1 fully saturated rings. The van der Waals surface area contributed by atoms with Crippen LogP contribution >= 0.6 is 0 Å². The van der Waals surface area contributed by atoms with Crippen LogP contribution in [0.4, 0.5) is 0 Å². The van der Waals surface area contributed by atoms with Gasteiger partial charge in [-0.1, -0.05) is 83.7 Å². The summed E-state index contributed by atoms with van der Waals surface area (Å²) in [6.45, 7) is 22.7. The van der Waals surface area contributed by atoms with Gasteiger partial charge in [0, 0.05) is 18.6 Å². The SMILES string of the molecule is C=CCOc1cccc([C@H](C#CCC[C@H](CCCCC)OC2CCCCO2)O[Si](C)(C)C(C)(C)C)c1CC=C. The van der Waals surface area contributed by atoms with Crippen LogP contribution in [0.3, 0.4) is 0 Å². The molecule has 1 unspecified atom stereocenters. The maximum atomic E-state index is 6.95. The van der Waals surface area contributed by atoms with Crippen molar-refractivity contribution in [3.05, 3.63) is 54.6 Å². The first-order valence-electron chi connectivity index (χ1n) is 15.0.